The molecule has 6 aromatic rings. The van der Waals surface area contributed by atoms with Crippen LogP contribution in [0.3, 0.4) is 0 Å². The fraction of sp³-hybridized carbons (Fsp3) is 0.516. The second kappa shape index (κ2) is 29.5. The normalized spacial score (nSPS) is 19.0. The van der Waals surface area contributed by atoms with Crippen LogP contribution >= 0.6 is 0 Å². The van der Waals surface area contributed by atoms with Crippen LogP contribution in [0.15, 0.2) is 99.3 Å². The number of nitrogens with zero attached hydrogens (tertiary/aromatic N) is 9. The molecule has 84 heavy (non-hydrogen) atoms. The maximum absolute atomic E-state index is 13.0. The van der Waals surface area contributed by atoms with E-state index in [1.807, 2.05) is 30.3 Å². The molecule has 6 saturated heterocycles. The van der Waals surface area contributed by atoms with Gasteiger partial charge in [0.15, 0.2) is 11.5 Å². The van der Waals surface area contributed by atoms with Crippen LogP contribution in [0.2, 0.25) is 0 Å². The summed E-state index contributed by atoms with van der Waals surface area (Å²) in [4.78, 5) is 72.9. The van der Waals surface area contributed by atoms with Crippen LogP contribution in [-0.2, 0) is 33.8 Å². The van der Waals surface area contributed by atoms with E-state index in [-0.39, 0.29) is 34.2 Å². The SMILES string of the molecule is COc1ccc(CN2CCC(c3cc(=O)[nH]c(N4CCOCC4)n3)CC2)cc1.COc1ccc(CN2CCC(c3cc(=O)[nH]c(N4CCOCC4)n3)CC2)cc1O.O=c1cc(C2CCN(Cc3ccc(F)cc3)CC2)nc(N2CCOCC2)[nH]1. The van der Waals surface area contributed by atoms with Crippen LogP contribution < -0.4 is 40.9 Å². The summed E-state index contributed by atoms with van der Waals surface area (Å²) in [6.07, 6.45) is 5.91. The third-order valence-electron chi connectivity index (χ3n) is 16.7. The second-order valence-electron chi connectivity index (χ2n) is 22.4. The summed E-state index contributed by atoms with van der Waals surface area (Å²) in [5, 5.41) is 9.97. The van der Waals surface area contributed by atoms with E-state index < -0.39 is 0 Å². The van der Waals surface area contributed by atoms with Crippen molar-refractivity contribution in [2.45, 2.75) is 75.9 Å². The van der Waals surface area contributed by atoms with Gasteiger partial charge in [-0.25, -0.2) is 19.3 Å². The van der Waals surface area contributed by atoms with Gasteiger partial charge in [-0.3, -0.25) is 44.0 Å². The van der Waals surface area contributed by atoms with Gasteiger partial charge in [0, 0.05) is 94.9 Å². The van der Waals surface area contributed by atoms with E-state index in [2.05, 4.69) is 56.5 Å². The van der Waals surface area contributed by atoms with Gasteiger partial charge < -0.3 is 43.5 Å². The van der Waals surface area contributed by atoms with Gasteiger partial charge in [0.2, 0.25) is 17.8 Å². The Hall–Kier alpha value is -7.21. The fourth-order valence-electron chi connectivity index (χ4n) is 11.9. The van der Waals surface area contributed by atoms with Crippen molar-refractivity contribution in [1.29, 1.82) is 0 Å². The lowest BCUT2D eigenvalue weighted by Crippen LogP contribution is -2.39. The smallest absolute Gasteiger partial charge is 0.252 e. The lowest BCUT2D eigenvalue weighted by Gasteiger charge is -2.32. The number of aromatic amines is 3. The lowest BCUT2D eigenvalue weighted by molar-refractivity contribution is 0.122. The maximum Gasteiger partial charge on any atom is 0.252 e. The van der Waals surface area contributed by atoms with E-state index in [9.17, 15) is 23.9 Å². The molecule has 6 fully saturated rings. The van der Waals surface area contributed by atoms with Gasteiger partial charge in [-0.1, -0.05) is 30.3 Å². The van der Waals surface area contributed by atoms with Crippen LogP contribution in [0.5, 0.6) is 17.2 Å². The standard InChI is InChI=1S/C21H28N4O4.C21H28N4O3.C20H25FN4O2/c1-28-19-3-2-15(12-18(19)26)14-24-6-4-16(5-7-24)17-13-20(27)23-21(22-17)25-8-10-29-11-9-25;1-27-18-4-2-16(3-5-18)15-24-8-6-17(7-9-24)19-14-20(26)23-21(22-19)25-10-12-28-13-11-25;21-17-3-1-15(2-4-17)14-24-7-5-16(6-8-24)18-13-19(26)23-20(22-18)25-9-11-27-12-10-25/h2-3,12-13,16,26H,4-11,14H2,1H3,(H,22,23,27);2-5,14,17H,6-13,15H2,1H3,(H,22,23,26);1-4,13,16H,5-12,14H2,(H,22,23,26). The Labute approximate surface area is 489 Å². The molecule has 9 heterocycles. The molecule has 0 unspecified atom stereocenters. The summed E-state index contributed by atoms with van der Waals surface area (Å²) >= 11 is 0. The average molecular weight is 1160 g/mol. The van der Waals surface area contributed by atoms with E-state index in [1.165, 1.54) is 17.7 Å². The molecule has 3 aromatic carbocycles. The van der Waals surface area contributed by atoms with E-state index >= 15 is 0 Å². The topological polar surface area (TPSA) is 223 Å². The monoisotopic (exact) mass is 1160 g/mol. The minimum atomic E-state index is -0.200. The van der Waals surface area contributed by atoms with Crippen LogP contribution in [0.1, 0.15) is 90.1 Å². The Morgan fingerprint density at radius 1 is 0.464 bits per heavy atom. The van der Waals surface area contributed by atoms with Gasteiger partial charge in [-0.05, 0) is 131 Å². The number of rotatable bonds is 14. The predicted octanol–water partition coefficient (Wildman–Crippen LogP) is 5.82. The summed E-state index contributed by atoms with van der Waals surface area (Å²) in [7, 11) is 3.24. The number of piperidine rings is 3. The van der Waals surface area contributed by atoms with Gasteiger partial charge in [0.05, 0.1) is 70.9 Å². The molecule has 450 valence electrons. The number of H-pyrrole nitrogens is 3. The number of ether oxygens (including phenoxy) is 5. The molecule has 6 aliphatic rings. The lowest BCUT2D eigenvalue weighted by atomic mass is 9.93. The number of hydrogen-bond donors (Lipinski definition) is 4. The first-order valence-corrected chi connectivity index (χ1v) is 29.7. The highest BCUT2D eigenvalue weighted by Gasteiger charge is 2.28. The Balaban J connectivity index is 0.000000140. The highest BCUT2D eigenvalue weighted by molar-refractivity contribution is 5.42. The Bertz CT molecular complexity index is 3200. The molecule has 0 aliphatic carbocycles. The summed E-state index contributed by atoms with van der Waals surface area (Å²) in [5.74, 6) is 4.29. The Morgan fingerprint density at radius 2 is 0.798 bits per heavy atom. The quantitative estimate of drug-likeness (QED) is 0.101. The number of anilines is 3. The van der Waals surface area contributed by atoms with Gasteiger partial charge in [0.1, 0.15) is 11.6 Å². The number of methoxy groups -OCH3 is 2. The minimum Gasteiger partial charge on any atom is -0.504 e. The first kappa shape index (κ1) is 59.9. The number of aromatic hydroxyl groups is 1. The Morgan fingerprint density at radius 3 is 1.13 bits per heavy atom. The number of aromatic nitrogens is 6. The predicted molar refractivity (Wildman–Crippen MR) is 319 cm³/mol. The number of nitrogens with one attached hydrogen (secondary N) is 3. The maximum atomic E-state index is 13.0. The molecule has 0 spiro atoms. The summed E-state index contributed by atoms with van der Waals surface area (Å²) in [6.45, 7) is 16.9. The van der Waals surface area contributed by atoms with Crippen LogP contribution in [0.25, 0.3) is 0 Å². The molecule has 0 atom stereocenters. The van der Waals surface area contributed by atoms with Gasteiger partial charge in [0.25, 0.3) is 16.7 Å². The van der Waals surface area contributed by atoms with Crippen molar-refractivity contribution in [2.75, 3.05) is 147 Å². The van der Waals surface area contributed by atoms with Crippen LogP contribution in [-0.4, -0.2) is 182 Å². The number of phenolic OH excluding ortho intramolecular Hbond substituents is 1. The van der Waals surface area contributed by atoms with Gasteiger partial charge in [-0.15, -0.1) is 0 Å². The number of phenols is 1. The zero-order valence-corrected chi connectivity index (χ0v) is 48.5. The molecule has 0 radical (unpaired) electrons. The highest BCUT2D eigenvalue weighted by Crippen LogP contribution is 2.32. The number of hydrogen-bond acceptors (Lipinski definition) is 18. The molecular formula is C62H81FN12O9. The van der Waals surface area contributed by atoms with Crippen molar-refractivity contribution < 1.29 is 33.2 Å². The third-order valence-corrected chi connectivity index (χ3v) is 16.7. The summed E-state index contributed by atoms with van der Waals surface area (Å²) in [6, 6.07) is 25.5. The highest BCUT2D eigenvalue weighted by atomic mass is 19.1. The van der Waals surface area contributed by atoms with Crippen molar-refractivity contribution in [3.8, 4) is 17.2 Å². The first-order valence-electron chi connectivity index (χ1n) is 29.7. The van der Waals surface area contributed by atoms with Crippen LogP contribution in [0.4, 0.5) is 22.2 Å². The molecular weight excluding hydrogens is 1080 g/mol. The molecule has 0 bridgehead atoms. The zero-order chi connectivity index (χ0) is 58.2. The number of morpholine rings is 3. The van der Waals surface area contributed by atoms with E-state index in [0.717, 1.165) is 171 Å². The number of halogens is 1. The fourth-order valence-corrected chi connectivity index (χ4v) is 11.9. The zero-order valence-electron chi connectivity index (χ0n) is 48.5. The molecule has 3 aromatic heterocycles. The minimum absolute atomic E-state index is 0.0628. The van der Waals surface area contributed by atoms with Crippen molar-refractivity contribution in [3.63, 3.8) is 0 Å². The van der Waals surface area contributed by atoms with Crippen molar-refractivity contribution >= 4 is 17.8 Å². The molecule has 22 heteroatoms. The van der Waals surface area contributed by atoms with Crippen molar-refractivity contribution in [2.24, 2.45) is 0 Å². The average Bonchev–Trinajstić information content (AvgIpc) is 3.67. The van der Waals surface area contributed by atoms with E-state index in [1.54, 1.807) is 44.6 Å². The first-order chi connectivity index (χ1) is 41.0. The molecule has 21 nitrogen and oxygen atoms in total. The molecule has 0 amide bonds. The van der Waals surface area contributed by atoms with E-state index in [0.29, 0.717) is 75.1 Å². The second-order valence-corrected chi connectivity index (χ2v) is 22.4. The number of likely N-dealkylation sites (tertiary alicyclic amines) is 3. The van der Waals surface area contributed by atoms with E-state index in [4.69, 9.17) is 38.6 Å². The molecule has 0 saturated carbocycles. The molecule has 4 N–H and O–H groups in total. The molecule has 12 rings (SSSR count). The number of benzene rings is 3. The van der Waals surface area contributed by atoms with Gasteiger partial charge in [-0.2, -0.15) is 0 Å². The largest absolute Gasteiger partial charge is 0.504 e. The molecule has 6 aliphatic heterocycles. The van der Waals surface area contributed by atoms with Crippen molar-refractivity contribution in [3.05, 3.63) is 156 Å². The summed E-state index contributed by atoms with van der Waals surface area (Å²) < 4.78 is 39.5. The Kier molecular flexibility index (Phi) is 21.1. The summed E-state index contributed by atoms with van der Waals surface area (Å²) in [5.41, 5.74) is 5.94. The van der Waals surface area contributed by atoms with Crippen LogP contribution in [0, 0.1) is 5.82 Å². The van der Waals surface area contributed by atoms with Crippen molar-refractivity contribution in [1.82, 2.24) is 44.6 Å². The third kappa shape index (κ3) is 16.8. The van der Waals surface area contributed by atoms with Gasteiger partial charge >= 0.3 is 0 Å².